The Morgan fingerprint density at radius 3 is 3.00 bits per heavy atom. The van der Waals surface area contributed by atoms with Crippen molar-refractivity contribution in [3.8, 4) is 0 Å². The molecule has 2 aromatic carbocycles. The third-order valence-corrected chi connectivity index (χ3v) is 6.48. The van der Waals surface area contributed by atoms with Crippen LogP contribution in [0.3, 0.4) is 0 Å². The lowest BCUT2D eigenvalue weighted by Crippen LogP contribution is -2.32. The van der Waals surface area contributed by atoms with Crippen molar-refractivity contribution in [1.82, 2.24) is 19.7 Å². The van der Waals surface area contributed by atoms with Crippen LogP contribution in [0, 0.1) is 0 Å². The van der Waals surface area contributed by atoms with Crippen LogP contribution < -0.4 is 5.32 Å². The summed E-state index contributed by atoms with van der Waals surface area (Å²) in [7, 11) is 0. The average molecular weight is 471 g/mol. The van der Waals surface area contributed by atoms with E-state index in [0.29, 0.717) is 12.3 Å². The molecule has 148 valence electrons. The van der Waals surface area contributed by atoms with E-state index in [1.165, 1.54) is 11.8 Å². The van der Waals surface area contributed by atoms with Gasteiger partial charge < -0.3 is 10.1 Å². The van der Waals surface area contributed by atoms with Gasteiger partial charge in [-0.2, -0.15) is 0 Å². The predicted octanol–water partition coefficient (Wildman–Crippen LogP) is 4.19. The Balaban J connectivity index is 1.48. The van der Waals surface area contributed by atoms with E-state index in [9.17, 15) is 4.79 Å². The van der Waals surface area contributed by atoms with Gasteiger partial charge in [0.2, 0.25) is 5.91 Å². The first-order valence-corrected chi connectivity index (χ1v) is 11.3. The molecule has 3 heterocycles. The van der Waals surface area contributed by atoms with Gasteiger partial charge in [-0.15, -0.1) is 0 Å². The van der Waals surface area contributed by atoms with Crippen molar-refractivity contribution in [2.45, 2.75) is 24.1 Å². The second kappa shape index (κ2) is 7.93. The Morgan fingerprint density at radius 2 is 2.14 bits per heavy atom. The highest BCUT2D eigenvalue weighted by Gasteiger charge is 2.18. The first kappa shape index (κ1) is 18.8. The highest BCUT2D eigenvalue weighted by molar-refractivity contribution is 9.10. The molecule has 1 amide bonds. The number of ether oxygens (including phenoxy) is 1. The fourth-order valence-corrected chi connectivity index (χ4v) is 4.85. The van der Waals surface area contributed by atoms with Gasteiger partial charge in [-0.1, -0.05) is 39.8 Å². The summed E-state index contributed by atoms with van der Waals surface area (Å²) >= 11 is 4.97. The second-order valence-corrected chi connectivity index (χ2v) is 8.90. The average Bonchev–Trinajstić information content (AvgIpc) is 3.38. The zero-order valence-electron chi connectivity index (χ0n) is 15.6. The fraction of sp³-hybridized carbons (Fsp3) is 0.286. The predicted molar refractivity (Wildman–Crippen MR) is 118 cm³/mol. The fourth-order valence-electron chi connectivity index (χ4n) is 3.65. The number of halogens is 1. The first-order chi connectivity index (χ1) is 14.2. The minimum atomic E-state index is -0.0132. The Hall–Kier alpha value is -2.16. The molecule has 6 nitrogen and oxygen atoms in total. The monoisotopic (exact) mass is 470 g/mol. The number of carbonyl (C=O) groups is 1. The molecule has 0 spiro atoms. The highest BCUT2D eigenvalue weighted by atomic mass is 79.9. The lowest BCUT2D eigenvalue weighted by molar-refractivity contribution is -0.119. The molecule has 29 heavy (non-hydrogen) atoms. The van der Waals surface area contributed by atoms with Crippen LogP contribution in [0.15, 0.2) is 52.1 Å². The molecule has 2 aromatic heterocycles. The lowest BCUT2D eigenvalue weighted by atomic mass is 10.2. The maximum absolute atomic E-state index is 12.4. The van der Waals surface area contributed by atoms with Crippen molar-refractivity contribution in [1.29, 1.82) is 0 Å². The summed E-state index contributed by atoms with van der Waals surface area (Å²) in [6.45, 7) is 1.36. The molecule has 1 fully saturated rings. The van der Waals surface area contributed by atoms with Crippen LogP contribution in [0.25, 0.3) is 27.6 Å². The van der Waals surface area contributed by atoms with Crippen LogP contribution in [0.4, 0.5) is 0 Å². The molecule has 1 atom stereocenters. The minimum Gasteiger partial charge on any atom is -0.376 e. The van der Waals surface area contributed by atoms with Crippen molar-refractivity contribution in [3.63, 3.8) is 0 Å². The molecule has 1 aliphatic heterocycles. The molecule has 1 N–H and O–H groups in total. The maximum Gasteiger partial charge on any atom is 0.230 e. The van der Waals surface area contributed by atoms with Gasteiger partial charge in [0.1, 0.15) is 5.65 Å². The number of fused-ring (bicyclic) bond motifs is 5. The van der Waals surface area contributed by atoms with Crippen LogP contribution in [-0.4, -0.2) is 45.3 Å². The zero-order chi connectivity index (χ0) is 19.8. The number of hydrogen-bond donors (Lipinski definition) is 1. The van der Waals surface area contributed by atoms with Crippen LogP contribution >= 0.6 is 27.7 Å². The smallest absolute Gasteiger partial charge is 0.230 e. The number of hydrogen-bond acceptors (Lipinski definition) is 5. The third-order valence-electron chi connectivity index (χ3n) is 5.05. The van der Waals surface area contributed by atoms with E-state index in [2.05, 4.69) is 21.2 Å². The summed E-state index contributed by atoms with van der Waals surface area (Å²) in [6, 6.07) is 14.0. The highest BCUT2D eigenvalue weighted by Crippen LogP contribution is 2.30. The number of amides is 1. The van der Waals surface area contributed by atoms with Gasteiger partial charge in [-0.05, 0) is 43.2 Å². The summed E-state index contributed by atoms with van der Waals surface area (Å²) in [5.74, 6) is 0.282. The van der Waals surface area contributed by atoms with E-state index in [4.69, 9.17) is 14.7 Å². The molecule has 4 aromatic rings. The van der Waals surface area contributed by atoms with Crippen molar-refractivity contribution in [2.24, 2.45) is 0 Å². The summed E-state index contributed by atoms with van der Waals surface area (Å²) in [5.41, 5.74) is 3.60. The standard InChI is InChI=1S/C21H19BrN4O2S/c22-13-7-8-16-15(10-13)20-24-17-5-1-2-6-18(17)26(20)21(25-16)29-12-19(27)23-11-14-4-3-9-28-14/h1-2,5-8,10,14H,3-4,9,11-12H2,(H,23,27). The van der Waals surface area contributed by atoms with Crippen LogP contribution in [0.1, 0.15) is 12.8 Å². The van der Waals surface area contributed by atoms with E-state index in [1.807, 2.05) is 46.9 Å². The van der Waals surface area contributed by atoms with E-state index in [0.717, 1.165) is 56.7 Å². The SMILES string of the molecule is O=C(CSc1nc2ccc(Br)cc2c2nc3ccccc3n12)NCC1CCCO1. The van der Waals surface area contributed by atoms with E-state index < -0.39 is 0 Å². The van der Waals surface area contributed by atoms with Crippen molar-refractivity contribution >= 4 is 61.2 Å². The van der Waals surface area contributed by atoms with Crippen molar-refractivity contribution in [2.75, 3.05) is 18.9 Å². The number of nitrogens with zero attached hydrogens (tertiary/aromatic N) is 3. The normalized spacial score (nSPS) is 16.8. The largest absolute Gasteiger partial charge is 0.376 e. The number of rotatable bonds is 5. The van der Waals surface area contributed by atoms with Gasteiger partial charge in [0.25, 0.3) is 0 Å². The molecular formula is C21H19BrN4O2S. The summed E-state index contributed by atoms with van der Waals surface area (Å²) in [5, 5.41) is 4.71. The quantitative estimate of drug-likeness (QED) is 0.349. The van der Waals surface area contributed by atoms with Gasteiger partial charge in [0.15, 0.2) is 5.16 Å². The number of nitrogens with one attached hydrogen (secondary N) is 1. The molecule has 0 saturated carbocycles. The topological polar surface area (TPSA) is 68.5 Å². The van der Waals surface area contributed by atoms with Gasteiger partial charge in [0.05, 0.1) is 28.4 Å². The summed E-state index contributed by atoms with van der Waals surface area (Å²) < 4.78 is 8.59. The lowest BCUT2D eigenvalue weighted by Gasteiger charge is -2.11. The van der Waals surface area contributed by atoms with Gasteiger partial charge >= 0.3 is 0 Å². The van der Waals surface area contributed by atoms with Crippen molar-refractivity contribution < 1.29 is 9.53 Å². The van der Waals surface area contributed by atoms with Crippen molar-refractivity contribution in [3.05, 3.63) is 46.9 Å². The van der Waals surface area contributed by atoms with Crippen LogP contribution in [-0.2, 0) is 9.53 Å². The summed E-state index contributed by atoms with van der Waals surface area (Å²) in [6.07, 6.45) is 2.22. The van der Waals surface area contributed by atoms with E-state index in [-0.39, 0.29) is 12.0 Å². The third kappa shape index (κ3) is 3.72. The van der Waals surface area contributed by atoms with Gasteiger partial charge in [-0.25, -0.2) is 9.97 Å². The minimum absolute atomic E-state index is 0.0132. The molecule has 0 aliphatic carbocycles. The number of aromatic nitrogens is 3. The molecule has 1 saturated heterocycles. The Bertz CT molecular complexity index is 1220. The molecule has 5 rings (SSSR count). The van der Waals surface area contributed by atoms with Crippen LogP contribution in [0.2, 0.25) is 0 Å². The molecule has 1 aliphatic rings. The van der Waals surface area contributed by atoms with Crippen LogP contribution in [0.5, 0.6) is 0 Å². The molecule has 0 bridgehead atoms. The number of imidazole rings is 1. The maximum atomic E-state index is 12.4. The Labute approximate surface area is 180 Å². The molecule has 8 heteroatoms. The Morgan fingerprint density at radius 1 is 1.24 bits per heavy atom. The van der Waals surface area contributed by atoms with E-state index in [1.54, 1.807) is 0 Å². The molecule has 0 radical (unpaired) electrons. The molecule has 1 unspecified atom stereocenters. The van der Waals surface area contributed by atoms with E-state index >= 15 is 0 Å². The first-order valence-electron chi connectivity index (χ1n) is 9.56. The number of carbonyl (C=O) groups excluding carboxylic acids is 1. The number of benzene rings is 2. The number of para-hydroxylation sites is 2. The number of thioether (sulfide) groups is 1. The molecular weight excluding hydrogens is 452 g/mol. The Kier molecular flexibility index (Phi) is 5.15. The zero-order valence-corrected chi connectivity index (χ0v) is 18.0. The van der Waals surface area contributed by atoms with Gasteiger partial charge in [0, 0.05) is 23.0 Å². The summed E-state index contributed by atoms with van der Waals surface area (Å²) in [4.78, 5) is 22.0. The second-order valence-electron chi connectivity index (χ2n) is 7.04. The van der Waals surface area contributed by atoms with Gasteiger partial charge in [-0.3, -0.25) is 9.20 Å².